The summed E-state index contributed by atoms with van der Waals surface area (Å²) in [5, 5.41) is 9.92. The van der Waals surface area contributed by atoms with E-state index in [0.717, 1.165) is 27.8 Å². The van der Waals surface area contributed by atoms with Gasteiger partial charge in [0.05, 0.1) is 49.3 Å². The van der Waals surface area contributed by atoms with Crippen LogP contribution in [0.25, 0.3) is 0 Å². The number of aliphatic hydroxyl groups excluding tert-OH is 1. The lowest BCUT2D eigenvalue weighted by Crippen LogP contribution is -2.09. The number of rotatable bonds is 19. The minimum absolute atomic E-state index is 0.0754. The van der Waals surface area contributed by atoms with Gasteiger partial charge in [-0.15, -0.1) is 0 Å². The Labute approximate surface area is 280 Å². The summed E-state index contributed by atoms with van der Waals surface area (Å²) < 4.78 is 43.6. The second-order valence-corrected chi connectivity index (χ2v) is 10.6. The van der Waals surface area contributed by atoms with Gasteiger partial charge in [0.1, 0.15) is 19.0 Å². The van der Waals surface area contributed by atoms with E-state index in [1.54, 1.807) is 25.3 Å². The minimum Gasteiger partial charge on any atom is -0.497 e. The maximum Gasteiger partial charge on any atom is 0.305 e. The van der Waals surface area contributed by atoms with E-state index in [4.69, 9.17) is 37.9 Å². The Morgan fingerprint density at radius 3 is 1.35 bits per heavy atom. The third-order valence-corrected chi connectivity index (χ3v) is 7.80. The van der Waals surface area contributed by atoms with Crippen LogP contribution in [0.15, 0.2) is 42.5 Å². The lowest BCUT2D eigenvalue weighted by atomic mass is 10.0. The number of benzene rings is 3. The Balaban J connectivity index is 1.93. The van der Waals surface area contributed by atoms with Crippen molar-refractivity contribution in [1.82, 2.24) is 0 Å². The number of esters is 3. The van der Waals surface area contributed by atoms with Gasteiger partial charge < -0.3 is 43.0 Å². The van der Waals surface area contributed by atoms with E-state index >= 15 is 0 Å². The largest absolute Gasteiger partial charge is 0.497 e. The smallest absolute Gasteiger partial charge is 0.305 e. The fraction of sp³-hybridized carbons (Fsp3) is 0.417. The van der Waals surface area contributed by atoms with Crippen LogP contribution in [0.4, 0.5) is 0 Å². The van der Waals surface area contributed by atoms with Gasteiger partial charge >= 0.3 is 17.9 Å². The van der Waals surface area contributed by atoms with Crippen molar-refractivity contribution in [2.45, 2.75) is 58.3 Å². The Morgan fingerprint density at radius 1 is 0.500 bits per heavy atom. The zero-order valence-corrected chi connectivity index (χ0v) is 28.3. The summed E-state index contributed by atoms with van der Waals surface area (Å²) in [6.45, 7) is -0.0168. The summed E-state index contributed by atoms with van der Waals surface area (Å²) in [6.07, 6.45) is 1.60. The predicted molar refractivity (Wildman–Crippen MR) is 175 cm³/mol. The molecule has 48 heavy (non-hydrogen) atoms. The lowest BCUT2D eigenvalue weighted by molar-refractivity contribution is -0.141. The van der Waals surface area contributed by atoms with Gasteiger partial charge in [-0.25, -0.2) is 0 Å². The van der Waals surface area contributed by atoms with Crippen LogP contribution < -0.4 is 23.7 Å². The van der Waals surface area contributed by atoms with Crippen LogP contribution >= 0.6 is 0 Å². The van der Waals surface area contributed by atoms with Crippen molar-refractivity contribution >= 4 is 17.9 Å². The van der Waals surface area contributed by atoms with Crippen LogP contribution in [0.1, 0.15) is 52.6 Å². The van der Waals surface area contributed by atoms with E-state index in [1.165, 1.54) is 35.5 Å². The SMILES string of the molecule is COC(=O)CCc1cc(OCc2cc(OC)c(OCc3cc(OC)ccc3CCC(=O)OC)cc2CCC(=O)OC)c(OC)cc1CO. The van der Waals surface area contributed by atoms with Gasteiger partial charge in [0.15, 0.2) is 23.0 Å². The van der Waals surface area contributed by atoms with Crippen molar-refractivity contribution in [3.8, 4) is 28.7 Å². The summed E-state index contributed by atoms with van der Waals surface area (Å²) in [4.78, 5) is 35.7. The van der Waals surface area contributed by atoms with E-state index in [2.05, 4.69) is 0 Å². The van der Waals surface area contributed by atoms with Gasteiger partial charge in [0, 0.05) is 19.3 Å². The van der Waals surface area contributed by atoms with Gasteiger partial charge in [-0.3, -0.25) is 14.4 Å². The molecule has 0 aliphatic rings. The highest BCUT2D eigenvalue weighted by molar-refractivity contribution is 5.70. The average molecular weight is 669 g/mol. The molecule has 0 atom stereocenters. The normalized spacial score (nSPS) is 10.6. The number of aryl methyl sites for hydroxylation is 3. The molecular weight excluding hydrogens is 624 g/mol. The number of aliphatic hydroxyl groups is 1. The summed E-state index contributed by atoms with van der Waals surface area (Å²) in [6, 6.07) is 12.6. The summed E-state index contributed by atoms with van der Waals surface area (Å²) in [5.41, 5.74) is 4.55. The van der Waals surface area contributed by atoms with Crippen LogP contribution in [0, 0.1) is 0 Å². The maximum absolute atomic E-state index is 12.1. The molecule has 260 valence electrons. The number of carbonyl (C=O) groups is 3. The summed E-state index contributed by atoms with van der Waals surface area (Å²) in [7, 11) is 8.61. The number of ether oxygens (including phenoxy) is 8. The van der Waals surface area contributed by atoms with E-state index in [-0.39, 0.29) is 57.0 Å². The van der Waals surface area contributed by atoms with Crippen LogP contribution in [-0.4, -0.2) is 65.7 Å². The fourth-order valence-corrected chi connectivity index (χ4v) is 5.01. The van der Waals surface area contributed by atoms with Crippen LogP contribution in [0.5, 0.6) is 28.7 Å². The van der Waals surface area contributed by atoms with E-state index in [9.17, 15) is 19.5 Å². The molecule has 0 amide bonds. The molecule has 0 aromatic heterocycles. The molecular formula is C36H44O12. The third kappa shape index (κ3) is 10.5. The van der Waals surface area contributed by atoms with Crippen molar-refractivity contribution in [3.63, 3.8) is 0 Å². The Kier molecular flexibility index (Phi) is 14.8. The standard InChI is InChI=1S/C36H44O12/c1-41-29-11-7-23(8-12-34(38)44-4)27(15-29)21-47-33-17-25(10-14-36(40)46-6)28(19-31(33)43-3)22-48-32-16-24(9-13-35(39)45-5)26(20-37)18-30(32)42-2/h7,11,15-19,37H,8-10,12-14,20-22H2,1-6H3. The molecule has 3 aromatic carbocycles. The molecule has 0 fully saturated rings. The van der Waals surface area contributed by atoms with Crippen molar-refractivity contribution < 1.29 is 57.4 Å². The maximum atomic E-state index is 12.1. The summed E-state index contributed by atoms with van der Waals surface area (Å²) >= 11 is 0. The molecule has 0 aliphatic carbocycles. The molecule has 0 aliphatic heterocycles. The lowest BCUT2D eigenvalue weighted by Gasteiger charge is -2.19. The first-order valence-electron chi connectivity index (χ1n) is 15.3. The average Bonchev–Trinajstić information content (AvgIpc) is 3.12. The van der Waals surface area contributed by atoms with Crippen molar-refractivity contribution in [1.29, 1.82) is 0 Å². The van der Waals surface area contributed by atoms with Crippen molar-refractivity contribution in [2.75, 3.05) is 42.7 Å². The molecule has 1 N–H and O–H groups in total. The third-order valence-electron chi connectivity index (χ3n) is 7.80. The molecule has 0 spiro atoms. The molecule has 0 unspecified atom stereocenters. The zero-order valence-electron chi connectivity index (χ0n) is 28.3. The molecule has 12 heteroatoms. The first kappa shape index (κ1) is 37.5. The van der Waals surface area contributed by atoms with Crippen molar-refractivity contribution in [3.05, 3.63) is 75.8 Å². The molecule has 0 saturated carbocycles. The Morgan fingerprint density at radius 2 is 0.917 bits per heavy atom. The zero-order chi connectivity index (χ0) is 35.1. The predicted octanol–water partition coefficient (Wildman–Crippen LogP) is 4.68. The first-order chi connectivity index (χ1) is 23.2. The van der Waals surface area contributed by atoms with Crippen molar-refractivity contribution in [2.24, 2.45) is 0 Å². The second kappa shape index (κ2) is 19.0. The van der Waals surface area contributed by atoms with Gasteiger partial charge in [-0.1, -0.05) is 6.07 Å². The number of hydrogen-bond acceptors (Lipinski definition) is 12. The van der Waals surface area contributed by atoms with E-state index in [1.807, 2.05) is 24.3 Å². The Bertz CT molecular complexity index is 1550. The number of methoxy groups -OCH3 is 6. The molecule has 0 saturated heterocycles. The molecule has 12 nitrogen and oxygen atoms in total. The highest BCUT2D eigenvalue weighted by Gasteiger charge is 2.18. The number of hydrogen-bond donors (Lipinski definition) is 1. The van der Waals surface area contributed by atoms with Crippen LogP contribution in [-0.2, 0) is 67.7 Å². The van der Waals surface area contributed by atoms with E-state index in [0.29, 0.717) is 53.6 Å². The summed E-state index contributed by atoms with van der Waals surface area (Å²) in [5.74, 6) is 1.29. The Hall–Kier alpha value is -4.97. The van der Waals surface area contributed by atoms with E-state index < -0.39 is 0 Å². The van der Waals surface area contributed by atoms with Crippen LogP contribution in [0.3, 0.4) is 0 Å². The molecule has 0 radical (unpaired) electrons. The first-order valence-corrected chi connectivity index (χ1v) is 15.3. The second-order valence-electron chi connectivity index (χ2n) is 10.6. The van der Waals surface area contributed by atoms with Crippen LogP contribution in [0.2, 0.25) is 0 Å². The highest BCUT2D eigenvalue weighted by atomic mass is 16.5. The van der Waals surface area contributed by atoms with Gasteiger partial charge in [0.25, 0.3) is 0 Å². The highest BCUT2D eigenvalue weighted by Crippen LogP contribution is 2.36. The fourth-order valence-electron chi connectivity index (χ4n) is 5.01. The number of carbonyl (C=O) groups excluding carboxylic acids is 3. The monoisotopic (exact) mass is 668 g/mol. The minimum atomic E-state index is -0.372. The van der Waals surface area contributed by atoms with Gasteiger partial charge in [-0.05, 0) is 89.0 Å². The molecule has 3 rings (SSSR count). The molecule has 3 aromatic rings. The topological polar surface area (TPSA) is 145 Å². The molecule has 0 heterocycles. The van der Waals surface area contributed by atoms with Gasteiger partial charge in [-0.2, -0.15) is 0 Å². The van der Waals surface area contributed by atoms with Gasteiger partial charge in [0.2, 0.25) is 0 Å². The quantitative estimate of drug-likeness (QED) is 0.140. The molecule has 0 bridgehead atoms.